The number of aromatic nitrogens is 4. The minimum absolute atomic E-state index is 0.0867. The number of benzene rings is 1. The van der Waals surface area contributed by atoms with Crippen LogP contribution in [-0.4, -0.2) is 63.5 Å². The van der Waals surface area contributed by atoms with Crippen molar-refractivity contribution in [3.8, 4) is 0 Å². The lowest BCUT2D eigenvalue weighted by Gasteiger charge is -2.34. The fourth-order valence-corrected chi connectivity index (χ4v) is 3.30. The van der Waals surface area contributed by atoms with Gasteiger partial charge in [-0.05, 0) is 26.0 Å². The minimum Gasteiger partial charge on any atom is -0.370 e. The molecule has 1 amide bonds. The molecule has 8 heteroatoms. The summed E-state index contributed by atoms with van der Waals surface area (Å²) in [6.07, 6.45) is 1.56. The summed E-state index contributed by atoms with van der Waals surface area (Å²) in [5.74, 6) is 1.44. The Balaban J connectivity index is 1.45. The monoisotopic (exact) mass is 377 g/mol. The van der Waals surface area contributed by atoms with Crippen LogP contribution >= 0.6 is 0 Å². The van der Waals surface area contributed by atoms with E-state index in [-0.39, 0.29) is 5.91 Å². The Hall–Kier alpha value is -3.29. The third-order valence-electron chi connectivity index (χ3n) is 4.72. The lowest BCUT2D eigenvalue weighted by molar-refractivity contribution is 0.0740. The average molecular weight is 377 g/mol. The second kappa shape index (κ2) is 7.75. The second-order valence-corrected chi connectivity index (χ2v) is 6.75. The Morgan fingerprint density at radius 3 is 2.57 bits per heavy atom. The van der Waals surface area contributed by atoms with Gasteiger partial charge in [0.25, 0.3) is 5.91 Å². The van der Waals surface area contributed by atoms with Gasteiger partial charge in [0.2, 0.25) is 5.95 Å². The van der Waals surface area contributed by atoms with Crippen molar-refractivity contribution < 1.29 is 4.79 Å². The van der Waals surface area contributed by atoms with Gasteiger partial charge in [0, 0.05) is 44.5 Å². The highest BCUT2D eigenvalue weighted by molar-refractivity contribution is 5.94. The van der Waals surface area contributed by atoms with Gasteiger partial charge in [-0.1, -0.05) is 12.1 Å². The molecule has 3 heterocycles. The Labute approximate surface area is 163 Å². The topological polar surface area (TPSA) is 87.1 Å². The van der Waals surface area contributed by atoms with Crippen LogP contribution in [-0.2, 0) is 0 Å². The number of nitrogens with one attached hydrogen (secondary N) is 1. The van der Waals surface area contributed by atoms with Crippen molar-refractivity contribution in [2.75, 3.05) is 42.9 Å². The number of carbonyl (C=O) groups excluding carboxylic acids is 1. The molecule has 0 radical (unpaired) electrons. The quantitative estimate of drug-likeness (QED) is 0.745. The number of hydrogen-bond acceptors (Lipinski definition) is 7. The molecular weight excluding hydrogens is 354 g/mol. The third kappa shape index (κ3) is 3.71. The molecule has 28 heavy (non-hydrogen) atoms. The number of anilines is 2. The number of carbonyl (C=O) groups is 1. The highest BCUT2D eigenvalue weighted by Crippen LogP contribution is 2.17. The van der Waals surface area contributed by atoms with Gasteiger partial charge in [-0.15, -0.1) is 0 Å². The highest BCUT2D eigenvalue weighted by atomic mass is 16.2. The standard InChI is InChI=1S/C20H23N7O/c1-3-21-18-12-14(2)23-20(25-18)27-10-8-26(9-11-27)19(28)17-13-22-15-6-4-5-7-16(15)24-17/h4-7,12-13H,3,8-11H2,1-2H3,(H,21,23,25). The zero-order valence-electron chi connectivity index (χ0n) is 16.1. The fraction of sp³-hybridized carbons (Fsp3) is 0.350. The van der Waals surface area contributed by atoms with E-state index in [2.05, 4.69) is 30.2 Å². The van der Waals surface area contributed by atoms with E-state index < -0.39 is 0 Å². The second-order valence-electron chi connectivity index (χ2n) is 6.75. The molecule has 0 aliphatic carbocycles. The van der Waals surface area contributed by atoms with Crippen LogP contribution in [0.2, 0.25) is 0 Å². The normalized spacial score (nSPS) is 14.4. The van der Waals surface area contributed by atoms with Gasteiger partial charge in [0.15, 0.2) is 0 Å². The number of piperazine rings is 1. The molecule has 0 spiro atoms. The summed E-state index contributed by atoms with van der Waals surface area (Å²) in [5.41, 5.74) is 2.83. The van der Waals surface area contributed by atoms with E-state index in [1.54, 1.807) is 6.20 Å². The van der Waals surface area contributed by atoms with Crippen LogP contribution in [0, 0.1) is 6.92 Å². The summed E-state index contributed by atoms with van der Waals surface area (Å²) < 4.78 is 0. The van der Waals surface area contributed by atoms with E-state index in [0.717, 1.165) is 29.1 Å². The Morgan fingerprint density at radius 2 is 1.82 bits per heavy atom. The smallest absolute Gasteiger partial charge is 0.274 e. The van der Waals surface area contributed by atoms with Crippen molar-refractivity contribution >= 4 is 28.7 Å². The zero-order chi connectivity index (χ0) is 19.5. The third-order valence-corrected chi connectivity index (χ3v) is 4.72. The van der Waals surface area contributed by atoms with Crippen LogP contribution in [0.5, 0.6) is 0 Å². The molecule has 1 aliphatic heterocycles. The predicted molar refractivity (Wildman–Crippen MR) is 109 cm³/mol. The number of aryl methyl sites for hydroxylation is 1. The maximum absolute atomic E-state index is 12.8. The summed E-state index contributed by atoms with van der Waals surface area (Å²) in [6.45, 7) is 7.37. The van der Waals surface area contributed by atoms with Crippen molar-refractivity contribution in [3.63, 3.8) is 0 Å². The molecule has 0 saturated carbocycles. The molecule has 2 aromatic heterocycles. The molecule has 1 N–H and O–H groups in total. The van der Waals surface area contributed by atoms with Gasteiger partial charge in [0.1, 0.15) is 11.5 Å². The van der Waals surface area contributed by atoms with Crippen LogP contribution in [0.3, 0.4) is 0 Å². The first-order valence-electron chi connectivity index (χ1n) is 9.49. The van der Waals surface area contributed by atoms with Crippen molar-refractivity contribution in [1.82, 2.24) is 24.8 Å². The summed E-state index contributed by atoms with van der Waals surface area (Å²) >= 11 is 0. The largest absolute Gasteiger partial charge is 0.370 e. The maximum atomic E-state index is 12.8. The SMILES string of the molecule is CCNc1cc(C)nc(N2CCN(C(=O)c3cnc4ccccc4n3)CC2)n1. The number of nitrogens with zero attached hydrogens (tertiary/aromatic N) is 6. The van der Waals surface area contributed by atoms with Crippen molar-refractivity contribution in [3.05, 3.63) is 47.9 Å². The lowest BCUT2D eigenvalue weighted by atomic mass is 10.2. The fourth-order valence-electron chi connectivity index (χ4n) is 3.30. The van der Waals surface area contributed by atoms with Gasteiger partial charge in [-0.25, -0.2) is 9.97 Å². The molecule has 0 bridgehead atoms. The lowest BCUT2D eigenvalue weighted by Crippen LogP contribution is -2.49. The minimum atomic E-state index is -0.0867. The van der Waals surface area contributed by atoms with E-state index in [1.807, 2.05) is 49.1 Å². The van der Waals surface area contributed by atoms with E-state index in [9.17, 15) is 4.79 Å². The molecule has 4 rings (SSSR count). The summed E-state index contributed by atoms with van der Waals surface area (Å²) in [4.78, 5) is 34.7. The molecule has 3 aromatic rings. The van der Waals surface area contributed by atoms with Crippen LogP contribution < -0.4 is 10.2 Å². The van der Waals surface area contributed by atoms with Crippen molar-refractivity contribution in [2.24, 2.45) is 0 Å². The summed E-state index contributed by atoms with van der Waals surface area (Å²) in [7, 11) is 0. The summed E-state index contributed by atoms with van der Waals surface area (Å²) in [5, 5.41) is 3.23. The zero-order valence-corrected chi connectivity index (χ0v) is 16.1. The summed E-state index contributed by atoms with van der Waals surface area (Å²) in [6, 6.07) is 9.50. The number of rotatable bonds is 4. The van der Waals surface area contributed by atoms with E-state index in [1.165, 1.54) is 0 Å². The maximum Gasteiger partial charge on any atom is 0.274 e. The van der Waals surface area contributed by atoms with E-state index in [4.69, 9.17) is 0 Å². The molecule has 1 aliphatic rings. The first-order chi connectivity index (χ1) is 13.6. The molecular formula is C20H23N7O. The molecule has 1 saturated heterocycles. The van der Waals surface area contributed by atoms with Gasteiger partial charge >= 0.3 is 0 Å². The number of amides is 1. The molecule has 8 nitrogen and oxygen atoms in total. The van der Waals surface area contributed by atoms with Crippen LogP contribution in [0.15, 0.2) is 36.5 Å². The van der Waals surface area contributed by atoms with E-state index >= 15 is 0 Å². The van der Waals surface area contributed by atoms with Crippen LogP contribution in [0.25, 0.3) is 11.0 Å². The first kappa shape index (κ1) is 18.1. The highest BCUT2D eigenvalue weighted by Gasteiger charge is 2.25. The van der Waals surface area contributed by atoms with Gasteiger partial charge in [-0.2, -0.15) is 4.98 Å². The van der Waals surface area contributed by atoms with Crippen LogP contribution in [0.4, 0.5) is 11.8 Å². The first-order valence-corrected chi connectivity index (χ1v) is 9.49. The Morgan fingerprint density at radius 1 is 1.07 bits per heavy atom. The Bertz CT molecular complexity index is 999. The molecule has 1 fully saturated rings. The van der Waals surface area contributed by atoms with Gasteiger partial charge in [-0.3, -0.25) is 9.78 Å². The number of hydrogen-bond donors (Lipinski definition) is 1. The molecule has 1 aromatic carbocycles. The Kier molecular flexibility index (Phi) is 5.01. The van der Waals surface area contributed by atoms with Crippen LogP contribution in [0.1, 0.15) is 23.1 Å². The van der Waals surface area contributed by atoms with Gasteiger partial charge < -0.3 is 15.1 Å². The van der Waals surface area contributed by atoms with Gasteiger partial charge in [0.05, 0.1) is 17.2 Å². The number of para-hydroxylation sites is 2. The molecule has 144 valence electrons. The van der Waals surface area contributed by atoms with Crippen molar-refractivity contribution in [1.29, 1.82) is 0 Å². The molecule has 0 atom stereocenters. The molecule has 0 unspecified atom stereocenters. The predicted octanol–water partition coefficient (Wildman–Crippen LogP) is 2.12. The average Bonchev–Trinajstić information content (AvgIpc) is 2.73. The van der Waals surface area contributed by atoms with E-state index in [0.29, 0.717) is 37.8 Å². The number of fused-ring (bicyclic) bond motifs is 1. The van der Waals surface area contributed by atoms with Crippen molar-refractivity contribution in [2.45, 2.75) is 13.8 Å².